The van der Waals surface area contributed by atoms with Crippen LogP contribution in [0.15, 0.2) is 66.1 Å². The summed E-state index contributed by atoms with van der Waals surface area (Å²) in [6.07, 6.45) is 4.37. The van der Waals surface area contributed by atoms with Gasteiger partial charge >= 0.3 is 0 Å². The van der Waals surface area contributed by atoms with Crippen molar-refractivity contribution in [3.8, 4) is 11.4 Å². The van der Waals surface area contributed by atoms with Gasteiger partial charge in [-0.05, 0) is 42.3 Å². The number of nitrogens with zero attached hydrogens (tertiary/aromatic N) is 4. The fourth-order valence-corrected chi connectivity index (χ4v) is 4.25. The van der Waals surface area contributed by atoms with Crippen molar-refractivity contribution in [1.82, 2.24) is 19.3 Å². The minimum atomic E-state index is -3.61. The number of aromatic nitrogens is 4. The fraction of sp³-hybridized carbons (Fsp3) is 0.174. The summed E-state index contributed by atoms with van der Waals surface area (Å²) >= 11 is 0. The molecule has 0 fully saturated rings. The van der Waals surface area contributed by atoms with Crippen molar-refractivity contribution in [2.45, 2.75) is 25.0 Å². The molecule has 0 saturated heterocycles. The van der Waals surface area contributed by atoms with Gasteiger partial charge in [0, 0.05) is 31.3 Å². The first kappa shape index (κ1) is 23.3. The molecule has 9 nitrogen and oxygen atoms in total. The monoisotopic (exact) mass is 482 g/mol. The van der Waals surface area contributed by atoms with Crippen molar-refractivity contribution in [2.24, 2.45) is 5.73 Å². The van der Waals surface area contributed by atoms with E-state index < -0.39 is 21.6 Å². The number of nitrogens with two attached hydrogens (primary N) is 1. The molecule has 0 aliphatic carbocycles. The number of rotatable bonds is 7. The zero-order valence-corrected chi connectivity index (χ0v) is 19.4. The Bertz CT molecular complexity index is 1480. The van der Waals surface area contributed by atoms with Crippen LogP contribution in [-0.2, 0) is 22.8 Å². The minimum absolute atomic E-state index is 0.0590. The molecule has 2 aromatic carbocycles. The molecule has 0 spiro atoms. The standard InChI is InChI=1S/C23H23FN6O3S/c1-3-16-12-21(30(28-16)18-6-4-5-15(11-18)14-25)22(31)27-20-8-7-17(13-19(20)24)29-10-9-26-23(29)34(2,32)33/h4-13H,3,14,25H2,1-2H3,(H,27,31). The molecule has 1 amide bonds. The summed E-state index contributed by atoms with van der Waals surface area (Å²) in [6, 6.07) is 13.0. The number of carbonyl (C=O) groups is 1. The maximum atomic E-state index is 14.9. The second kappa shape index (κ2) is 9.20. The summed E-state index contributed by atoms with van der Waals surface area (Å²) in [7, 11) is -3.61. The predicted octanol–water partition coefficient (Wildman–Crippen LogP) is 2.87. The van der Waals surface area contributed by atoms with E-state index in [0.717, 1.165) is 17.9 Å². The van der Waals surface area contributed by atoms with Crippen molar-refractivity contribution < 1.29 is 17.6 Å². The number of aryl methyl sites for hydroxylation is 1. The van der Waals surface area contributed by atoms with Crippen LogP contribution in [0.1, 0.15) is 28.7 Å². The lowest BCUT2D eigenvalue weighted by atomic mass is 10.2. The van der Waals surface area contributed by atoms with Crippen LogP contribution in [0.2, 0.25) is 0 Å². The average molecular weight is 483 g/mol. The Labute approximate surface area is 196 Å². The highest BCUT2D eigenvalue weighted by Gasteiger charge is 2.20. The Morgan fingerprint density at radius 2 is 1.94 bits per heavy atom. The van der Waals surface area contributed by atoms with Gasteiger partial charge < -0.3 is 11.1 Å². The lowest BCUT2D eigenvalue weighted by molar-refractivity contribution is 0.101. The largest absolute Gasteiger partial charge is 0.326 e. The summed E-state index contributed by atoms with van der Waals surface area (Å²) in [5.74, 6) is -1.28. The van der Waals surface area contributed by atoms with Crippen LogP contribution in [0, 0.1) is 5.82 Å². The number of anilines is 1. The minimum Gasteiger partial charge on any atom is -0.326 e. The average Bonchev–Trinajstić information content (AvgIpc) is 3.48. The zero-order chi connectivity index (χ0) is 24.5. The Balaban J connectivity index is 1.65. The molecule has 2 aromatic heterocycles. The van der Waals surface area contributed by atoms with E-state index in [1.54, 1.807) is 6.07 Å². The van der Waals surface area contributed by atoms with Gasteiger partial charge in [-0.3, -0.25) is 9.36 Å². The van der Waals surface area contributed by atoms with Crippen molar-refractivity contribution in [3.05, 3.63) is 83.7 Å². The highest BCUT2D eigenvalue weighted by molar-refractivity contribution is 7.90. The number of benzene rings is 2. The summed E-state index contributed by atoms with van der Waals surface area (Å²) in [6.45, 7) is 2.26. The third-order valence-corrected chi connectivity index (χ3v) is 6.13. The molecule has 4 rings (SSSR count). The molecule has 176 valence electrons. The maximum absolute atomic E-state index is 14.9. The van der Waals surface area contributed by atoms with E-state index >= 15 is 0 Å². The number of halogens is 1. The van der Waals surface area contributed by atoms with E-state index in [9.17, 15) is 17.6 Å². The van der Waals surface area contributed by atoms with Gasteiger partial charge in [-0.15, -0.1) is 0 Å². The van der Waals surface area contributed by atoms with E-state index in [0.29, 0.717) is 24.3 Å². The third kappa shape index (κ3) is 4.61. The van der Waals surface area contributed by atoms with Crippen LogP contribution in [0.5, 0.6) is 0 Å². The number of amides is 1. The molecule has 0 atom stereocenters. The first-order chi connectivity index (χ1) is 16.2. The molecule has 0 saturated carbocycles. The van der Waals surface area contributed by atoms with E-state index in [1.807, 2.05) is 31.2 Å². The SMILES string of the molecule is CCc1cc(C(=O)Nc2ccc(-n3ccnc3S(C)(=O)=O)cc2F)n(-c2cccc(CN)c2)n1. The van der Waals surface area contributed by atoms with Gasteiger partial charge in [0.2, 0.25) is 15.0 Å². The third-order valence-electron chi connectivity index (χ3n) is 5.16. The van der Waals surface area contributed by atoms with E-state index in [-0.39, 0.29) is 22.2 Å². The van der Waals surface area contributed by atoms with E-state index in [4.69, 9.17) is 5.73 Å². The molecular formula is C23H23FN6O3S. The number of imidazole rings is 1. The topological polar surface area (TPSA) is 125 Å². The van der Waals surface area contributed by atoms with Crippen LogP contribution in [0.3, 0.4) is 0 Å². The Kier molecular flexibility index (Phi) is 6.31. The summed E-state index contributed by atoms with van der Waals surface area (Å²) in [4.78, 5) is 16.9. The smallest absolute Gasteiger partial charge is 0.274 e. The van der Waals surface area contributed by atoms with Gasteiger partial charge in [0.15, 0.2) is 0 Å². The Hall–Kier alpha value is -3.83. The van der Waals surface area contributed by atoms with Crippen molar-refractivity contribution in [3.63, 3.8) is 0 Å². The Morgan fingerprint density at radius 3 is 2.62 bits per heavy atom. The highest BCUT2D eigenvalue weighted by Crippen LogP contribution is 2.23. The van der Waals surface area contributed by atoms with Crippen molar-refractivity contribution >= 4 is 21.4 Å². The normalized spacial score (nSPS) is 11.5. The lowest BCUT2D eigenvalue weighted by Crippen LogP contribution is -2.18. The molecule has 11 heteroatoms. The number of sulfone groups is 1. The predicted molar refractivity (Wildman–Crippen MR) is 125 cm³/mol. The van der Waals surface area contributed by atoms with Gasteiger partial charge in [0.05, 0.1) is 22.8 Å². The van der Waals surface area contributed by atoms with Gasteiger partial charge in [-0.1, -0.05) is 19.1 Å². The van der Waals surface area contributed by atoms with E-state index in [2.05, 4.69) is 15.4 Å². The van der Waals surface area contributed by atoms with Crippen molar-refractivity contribution in [2.75, 3.05) is 11.6 Å². The van der Waals surface area contributed by atoms with Crippen LogP contribution >= 0.6 is 0 Å². The van der Waals surface area contributed by atoms with Gasteiger partial charge in [-0.2, -0.15) is 5.10 Å². The summed E-state index contributed by atoms with van der Waals surface area (Å²) < 4.78 is 41.5. The molecule has 0 bridgehead atoms. The highest BCUT2D eigenvalue weighted by atomic mass is 32.2. The van der Waals surface area contributed by atoms with Gasteiger partial charge in [0.1, 0.15) is 11.5 Å². The summed E-state index contributed by atoms with van der Waals surface area (Å²) in [5.41, 5.74) is 8.42. The van der Waals surface area contributed by atoms with Crippen LogP contribution in [0.4, 0.5) is 10.1 Å². The molecule has 3 N–H and O–H groups in total. The first-order valence-corrected chi connectivity index (χ1v) is 12.3. The molecule has 0 unspecified atom stereocenters. The number of carbonyl (C=O) groups excluding carboxylic acids is 1. The lowest BCUT2D eigenvalue weighted by Gasteiger charge is -2.12. The second-order valence-electron chi connectivity index (χ2n) is 7.63. The molecule has 0 radical (unpaired) electrons. The second-order valence-corrected chi connectivity index (χ2v) is 9.54. The Morgan fingerprint density at radius 1 is 1.15 bits per heavy atom. The van der Waals surface area contributed by atoms with Gasteiger partial charge in [-0.25, -0.2) is 22.5 Å². The summed E-state index contributed by atoms with van der Waals surface area (Å²) in [5, 5.41) is 6.86. The van der Waals surface area contributed by atoms with Crippen LogP contribution in [0.25, 0.3) is 11.4 Å². The molecule has 34 heavy (non-hydrogen) atoms. The number of hydrogen-bond donors (Lipinski definition) is 2. The molecular weight excluding hydrogens is 459 g/mol. The van der Waals surface area contributed by atoms with Crippen molar-refractivity contribution in [1.29, 1.82) is 0 Å². The van der Waals surface area contributed by atoms with Crippen LogP contribution in [-0.4, -0.2) is 39.9 Å². The first-order valence-electron chi connectivity index (χ1n) is 10.4. The van der Waals surface area contributed by atoms with E-state index in [1.165, 1.54) is 33.8 Å². The molecule has 4 aromatic rings. The van der Waals surface area contributed by atoms with Gasteiger partial charge in [0.25, 0.3) is 5.91 Å². The zero-order valence-electron chi connectivity index (χ0n) is 18.6. The molecule has 0 aliphatic heterocycles. The maximum Gasteiger partial charge on any atom is 0.274 e. The molecule has 0 aliphatic rings. The fourth-order valence-electron chi connectivity index (χ4n) is 3.48. The quantitative estimate of drug-likeness (QED) is 0.417. The number of hydrogen-bond acceptors (Lipinski definition) is 6. The number of nitrogens with one attached hydrogen (secondary N) is 1. The molecule has 2 heterocycles. The van der Waals surface area contributed by atoms with Crippen LogP contribution < -0.4 is 11.1 Å².